The van der Waals surface area contributed by atoms with Gasteiger partial charge in [-0.1, -0.05) is 36.8 Å². The van der Waals surface area contributed by atoms with Crippen LogP contribution in [0.5, 0.6) is 0 Å². The summed E-state index contributed by atoms with van der Waals surface area (Å²) in [6, 6.07) is 14.6. The highest BCUT2D eigenvalue weighted by atomic mass is 19.1. The van der Waals surface area contributed by atoms with Gasteiger partial charge in [-0.05, 0) is 61.9 Å². The molecule has 2 saturated carbocycles. The fourth-order valence-corrected chi connectivity index (χ4v) is 6.28. The average Bonchev–Trinajstić information content (AvgIpc) is 3.61. The van der Waals surface area contributed by atoms with E-state index in [9.17, 15) is 18.8 Å². The first-order valence-corrected chi connectivity index (χ1v) is 13.5. The number of hydrogen-bond donors (Lipinski definition) is 0. The Morgan fingerprint density at radius 2 is 1.76 bits per heavy atom. The first-order valence-electron chi connectivity index (χ1n) is 13.5. The molecule has 7 heteroatoms. The second-order valence-electron chi connectivity index (χ2n) is 10.5. The minimum absolute atomic E-state index is 0.0156. The number of hydrogen-bond acceptors (Lipinski definition) is 5. The summed E-state index contributed by atoms with van der Waals surface area (Å²) >= 11 is 0. The fraction of sp³-hybridized carbons (Fsp3) is 0.500. The maximum Gasteiger partial charge on any atom is 0.306 e. The molecule has 0 N–H and O–H groups in total. The monoisotopic (exact) mass is 506 g/mol. The van der Waals surface area contributed by atoms with Crippen molar-refractivity contribution in [3.05, 3.63) is 65.5 Å². The van der Waals surface area contributed by atoms with Gasteiger partial charge in [0.25, 0.3) is 0 Å². The Bertz CT molecular complexity index is 1150. The van der Waals surface area contributed by atoms with Crippen LogP contribution in [0.2, 0.25) is 0 Å². The van der Waals surface area contributed by atoms with Crippen molar-refractivity contribution < 1.29 is 23.5 Å². The number of para-hydroxylation sites is 1. The summed E-state index contributed by atoms with van der Waals surface area (Å²) < 4.78 is 18.4. The molecular formula is C30H35FN2O4. The molecule has 0 aromatic heterocycles. The summed E-state index contributed by atoms with van der Waals surface area (Å²) in [5.74, 6) is -0.296. The third-order valence-electron chi connectivity index (χ3n) is 7.94. The van der Waals surface area contributed by atoms with E-state index in [1.54, 1.807) is 19.1 Å². The minimum atomic E-state index is -0.333. The highest BCUT2D eigenvalue weighted by molar-refractivity contribution is 5.87. The molecule has 3 aliphatic rings. The Morgan fingerprint density at radius 3 is 2.49 bits per heavy atom. The highest BCUT2D eigenvalue weighted by Crippen LogP contribution is 2.52. The van der Waals surface area contributed by atoms with Gasteiger partial charge < -0.3 is 14.5 Å². The number of nitrogens with zero attached hydrogens (tertiary/aromatic N) is 2. The molecule has 0 bridgehead atoms. The number of fused-ring (bicyclic) bond motifs is 2. The standard InChI is InChI=1S/C30H35FN2O4/c1-2-37-29(36)17-16-28(35)33(22-14-15-22)30-24-6-3-4-8-26(24)32(27-9-5-7-25(27)30)19-23(34)18-20-10-12-21(31)13-11-20/h3-4,6,8,10-13,22,25,27,30H,2,5,7,9,14-19H2,1H3. The van der Waals surface area contributed by atoms with Crippen LogP contribution >= 0.6 is 0 Å². The predicted molar refractivity (Wildman–Crippen MR) is 139 cm³/mol. The molecule has 5 rings (SSSR count). The van der Waals surface area contributed by atoms with Gasteiger partial charge in [-0.15, -0.1) is 0 Å². The lowest BCUT2D eigenvalue weighted by molar-refractivity contribution is -0.146. The molecule has 37 heavy (non-hydrogen) atoms. The quantitative estimate of drug-likeness (QED) is 0.424. The van der Waals surface area contributed by atoms with E-state index in [1.807, 2.05) is 12.1 Å². The summed E-state index contributed by atoms with van der Waals surface area (Å²) in [6.07, 6.45) is 5.53. The normalized spacial score (nSPS) is 22.2. The van der Waals surface area contributed by atoms with E-state index in [-0.39, 0.29) is 66.8 Å². The number of Topliss-reactive ketones (excluding diaryl/α,β-unsaturated/α-hetero) is 1. The molecule has 0 saturated heterocycles. The zero-order valence-electron chi connectivity index (χ0n) is 21.4. The van der Waals surface area contributed by atoms with Crippen LogP contribution in [-0.2, 0) is 25.5 Å². The molecule has 3 unspecified atom stereocenters. The molecular weight excluding hydrogens is 471 g/mol. The van der Waals surface area contributed by atoms with Gasteiger partial charge in [0.05, 0.1) is 25.6 Å². The van der Waals surface area contributed by atoms with E-state index in [0.717, 1.165) is 48.9 Å². The SMILES string of the molecule is CCOC(=O)CCC(=O)N(C1CC1)C1c2ccccc2N(CC(=O)Cc2ccc(F)cc2)C2CCCC21. The van der Waals surface area contributed by atoms with Gasteiger partial charge in [-0.25, -0.2) is 4.39 Å². The first kappa shape index (κ1) is 25.4. The number of halogens is 1. The summed E-state index contributed by atoms with van der Waals surface area (Å²) in [6.45, 7) is 2.38. The summed E-state index contributed by atoms with van der Waals surface area (Å²) in [7, 11) is 0. The minimum Gasteiger partial charge on any atom is -0.466 e. The number of carbonyl (C=O) groups is 3. The molecule has 196 valence electrons. The molecule has 6 nitrogen and oxygen atoms in total. The van der Waals surface area contributed by atoms with Crippen molar-refractivity contribution >= 4 is 23.3 Å². The van der Waals surface area contributed by atoms with Crippen LogP contribution in [0.1, 0.15) is 69.0 Å². The van der Waals surface area contributed by atoms with E-state index in [4.69, 9.17) is 4.74 Å². The zero-order chi connectivity index (χ0) is 25.9. The van der Waals surface area contributed by atoms with Gasteiger partial charge >= 0.3 is 5.97 Å². The Balaban J connectivity index is 1.40. The number of amides is 1. The molecule has 2 fully saturated rings. The van der Waals surface area contributed by atoms with Crippen LogP contribution in [0, 0.1) is 11.7 Å². The van der Waals surface area contributed by atoms with E-state index in [1.165, 1.54) is 12.1 Å². The molecule has 1 amide bonds. The lowest BCUT2D eigenvalue weighted by atomic mass is 9.81. The van der Waals surface area contributed by atoms with Crippen molar-refractivity contribution in [2.45, 2.75) is 76.4 Å². The van der Waals surface area contributed by atoms with Gasteiger partial charge in [0, 0.05) is 36.5 Å². The number of anilines is 1. The van der Waals surface area contributed by atoms with Gasteiger partial charge in [-0.3, -0.25) is 14.4 Å². The van der Waals surface area contributed by atoms with E-state index in [0.29, 0.717) is 13.2 Å². The second kappa shape index (κ2) is 11.0. The number of carbonyl (C=O) groups excluding carboxylic acids is 3. The van der Waals surface area contributed by atoms with Crippen LogP contribution in [0.4, 0.5) is 10.1 Å². The van der Waals surface area contributed by atoms with Gasteiger partial charge in [0.15, 0.2) is 5.78 Å². The van der Waals surface area contributed by atoms with E-state index < -0.39 is 0 Å². The van der Waals surface area contributed by atoms with Crippen molar-refractivity contribution in [3.8, 4) is 0 Å². The molecule has 0 radical (unpaired) electrons. The number of esters is 1. The predicted octanol–water partition coefficient (Wildman–Crippen LogP) is 5.00. The third kappa shape index (κ3) is 5.55. The molecule has 3 atom stereocenters. The summed E-state index contributed by atoms with van der Waals surface area (Å²) in [5, 5.41) is 0. The first-order chi connectivity index (χ1) is 18.0. The van der Waals surface area contributed by atoms with Crippen LogP contribution in [-0.4, -0.2) is 47.8 Å². The Hall–Kier alpha value is -3.22. The number of ether oxygens (including phenoxy) is 1. The summed E-state index contributed by atoms with van der Waals surface area (Å²) in [4.78, 5) is 43.0. The van der Waals surface area contributed by atoms with E-state index >= 15 is 0 Å². The molecule has 1 aliphatic heterocycles. The molecule has 2 aromatic rings. The van der Waals surface area contributed by atoms with E-state index in [2.05, 4.69) is 21.9 Å². The molecule has 0 spiro atoms. The van der Waals surface area contributed by atoms with Gasteiger partial charge in [-0.2, -0.15) is 0 Å². The van der Waals surface area contributed by atoms with Gasteiger partial charge in [0.2, 0.25) is 5.91 Å². The lowest BCUT2D eigenvalue weighted by Gasteiger charge is -2.48. The average molecular weight is 507 g/mol. The maximum atomic E-state index is 13.5. The lowest BCUT2D eigenvalue weighted by Crippen LogP contribution is -2.52. The second-order valence-corrected chi connectivity index (χ2v) is 10.5. The van der Waals surface area contributed by atoms with Crippen molar-refractivity contribution in [3.63, 3.8) is 0 Å². The Kier molecular flexibility index (Phi) is 7.58. The highest BCUT2D eigenvalue weighted by Gasteiger charge is 2.50. The smallest absolute Gasteiger partial charge is 0.306 e. The van der Waals surface area contributed by atoms with Crippen LogP contribution in [0.3, 0.4) is 0 Å². The van der Waals surface area contributed by atoms with Gasteiger partial charge in [0.1, 0.15) is 5.82 Å². The van der Waals surface area contributed by atoms with Crippen LogP contribution < -0.4 is 4.90 Å². The number of benzene rings is 2. The topological polar surface area (TPSA) is 66.9 Å². The zero-order valence-corrected chi connectivity index (χ0v) is 21.4. The largest absolute Gasteiger partial charge is 0.466 e. The molecule has 1 heterocycles. The van der Waals surface area contributed by atoms with Crippen molar-refractivity contribution in [2.75, 3.05) is 18.1 Å². The Labute approximate surface area is 217 Å². The van der Waals surface area contributed by atoms with Crippen LogP contribution in [0.15, 0.2) is 48.5 Å². The van der Waals surface area contributed by atoms with Crippen molar-refractivity contribution in [2.24, 2.45) is 5.92 Å². The van der Waals surface area contributed by atoms with Crippen LogP contribution in [0.25, 0.3) is 0 Å². The summed E-state index contributed by atoms with van der Waals surface area (Å²) in [5.41, 5.74) is 2.92. The number of rotatable bonds is 10. The Morgan fingerprint density at radius 1 is 1.00 bits per heavy atom. The molecule has 2 aromatic carbocycles. The van der Waals surface area contributed by atoms with Crippen molar-refractivity contribution in [1.29, 1.82) is 0 Å². The third-order valence-corrected chi connectivity index (χ3v) is 7.94. The number of ketones is 1. The maximum absolute atomic E-state index is 13.5. The fourth-order valence-electron chi connectivity index (χ4n) is 6.28. The van der Waals surface area contributed by atoms with Crippen molar-refractivity contribution in [1.82, 2.24) is 4.90 Å². The molecule has 2 aliphatic carbocycles.